The van der Waals surface area contributed by atoms with E-state index in [0.29, 0.717) is 11.8 Å². The summed E-state index contributed by atoms with van der Waals surface area (Å²) in [4.78, 5) is 14.1. The van der Waals surface area contributed by atoms with Crippen LogP contribution in [0, 0.1) is 0 Å². The predicted octanol–water partition coefficient (Wildman–Crippen LogP) is 2.03. The van der Waals surface area contributed by atoms with Crippen molar-refractivity contribution in [3.8, 4) is 0 Å². The molecule has 74 valence electrons. The Balaban J connectivity index is 2.02. The minimum atomic E-state index is 0.354. The zero-order valence-corrected chi connectivity index (χ0v) is 8.33. The van der Waals surface area contributed by atoms with Crippen LogP contribution in [0.2, 0.25) is 0 Å². The third-order valence-electron chi connectivity index (χ3n) is 3.56. The Morgan fingerprint density at radius 1 is 1.29 bits per heavy atom. The van der Waals surface area contributed by atoms with Gasteiger partial charge in [0, 0.05) is 30.3 Å². The van der Waals surface area contributed by atoms with Crippen LogP contribution in [0.3, 0.4) is 0 Å². The highest BCUT2D eigenvalue weighted by Gasteiger charge is 2.32. The molecule has 1 fully saturated rings. The van der Waals surface area contributed by atoms with Crippen molar-refractivity contribution in [3.63, 3.8) is 0 Å². The number of hydrogen-bond donors (Lipinski definition) is 0. The van der Waals surface area contributed by atoms with E-state index in [1.54, 1.807) is 0 Å². The van der Waals surface area contributed by atoms with Crippen LogP contribution in [-0.4, -0.2) is 23.3 Å². The lowest BCUT2D eigenvalue weighted by atomic mass is 9.90. The summed E-state index contributed by atoms with van der Waals surface area (Å²) >= 11 is 0. The Labute approximate surface area is 84.3 Å². The van der Waals surface area contributed by atoms with Crippen LogP contribution >= 0.6 is 0 Å². The molecule has 0 unspecified atom stereocenters. The second kappa shape index (κ2) is 2.97. The molecule has 1 saturated heterocycles. The Morgan fingerprint density at radius 2 is 2.21 bits per heavy atom. The molecular weight excluding hydrogens is 174 g/mol. The summed E-state index contributed by atoms with van der Waals surface area (Å²) in [6.45, 7) is 1.15. The van der Waals surface area contributed by atoms with Gasteiger partial charge in [-0.05, 0) is 25.7 Å². The van der Waals surface area contributed by atoms with Gasteiger partial charge in [-0.3, -0.25) is 4.79 Å². The first-order valence-corrected chi connectivity index (χ1v) is 5.57. The minimum Gasteiger partial charge on any atom is -0.368 e. The van der Waals surface area contributed by atoms with Crippen molar-refractivity contribution < 1.29 is 4.79 Å². The van der Waals surface area contributed by atoms with Gasteiger partial charge in [-0.15, -0.1) is 0 Å². The van der Waals surface area contributed by atoms with Crippen molar-refractivity contribution in [2.75, 3.05) is 6.54 Å². The summed E-state index contributed by atoms with van der Waals surface area (Å²) in [5.41, 5.74) is 2.35. The van der Waals surface area contributed by atoms with E-state index in [0.717, 1.165) is 31.4 Å². The molecule has 0 aromatic carbocycles. The predicted molar refractivity (Wildman–Crippen MR) is 54.8 cm³/mol. The molecule has 0 aromatic rings. The number of rotatable bonds is 0. The van der Waals surface area contributed by atoms with Crippen molar-refractivity contribution in [1.82, 2.24) is 4.90 Å². The summed E-state index contributed by atoms with van der Waals surface area (Å²) in [6.07, 6.45) is 9.75. The molecule has 0 spiro atoms. The van der Waals surface area contributed by atoms with Gasteiger partial charge < -0.3 is 4.90 Å². The summed E-state index contributed by atoms with van der Waals surface area (Å²) in [5, 5.41) is 0. The van der Waals surface area contributed by atoms with Crippen LogP contribution in [0.15, 0.2) is 23.4 Å². The molecular formula is C12H15NO. The van der Waals surface area contributed by atoms with Crippen molar-refractivity contribution >= 4 is 5.78 Å². The third-order valence-corrected chi connectivity index (χ3v) is 3.56. The first kappa shape index (κ1) is 8.27. The van der Waals surface area contributed by atoms with Gasteiger partial charge in [-0.1, -0.05) is 12.2 Å². The summed E-state index contributed by atoms with van der Waals surface area (Å²) in [5.74, 6) is 0.354. The van der Waals surface area contributed by atoms with E-state index in [2.05, 4.69) is 17.1 Å². The molecule has 2 heteroatoms. The highest BCUT2D eigenvalue weighted by molar-refractivity contribution is 5.99. The van der Waals surface area contributed by atoms with Gasteiger partial charge in [0.25, 0.3) is 0 Å². The molecule has 2 heterocycles. The number of Topliss-reactive ketones (excluding diaryl/α,β-unsaturated/α-hetero) is 1. The van der Waals surface area contributed by atoms with Gasteiger partial charge in [0.05, 0.1) is 0 Å². The van der Waals surface area contributed by atoms with E-state index >= 15 is 0 Å². The lowest BCUT2D eigenvalue weighted by Crippen LogP contribution is -2.33. The quantitative estimate of drug-likeness (QED) is 0.581. The molecule has 0 amide bonds. The first-order chi connectivity index (χ1) is 6.86. The van der Waals surface area contributed by atoms with E-state index in [9.17, 15) is 4.79 Å². The monoisotopic (exact) mass is 189 g/mol. The maximum absolute atomic E-state index is 11.7. The molecule has 0 aromatic heterocycles. The molecule has 0 bridgehead atoms. The number of nitrogens with zero attached hydrogens (tertiary/aromatic N) is 1. The van der Waals surface area contributed by atoms with E-state index in [1.165, 1.54) is 18.5 Å². The van der Waals surface area contributed by atoms with E-state index in [-0.39, 0.29) is 0 Å². The van der Waals surface area contributed by atoms with Crippen LogP contribution in [-0.2, 0) is 4.79 Å². The SMILES string of the molecule is O=C1CCCC2=C1C=C[C@@H]1CCCN21. The minimum absolute atomic E-state index is 0.354. The van der Waals surface area contributed by atoms with Gasteiger partial charge in [0.15, 0.2) is 5.78 Å². The van der Waals surface area contributed by atoms with Crippen LogP contribution < -0.4 is 0 Å². The average molecular weight is 189 g/mol. The smallest absolute Gasteiger partial charge is 0.164 e. The first-order valence-electron chi connectivity index (χ1n) is 5.57. The van der Waals surface area contributed by atoms with E-state index in [1.807, 2.05) is 0 Å². The highest BCUT2D eigenvalue weighted by atomic mass is 16.1. The molecule has 0 N–H and O–H groups in total. The lowest BCUT2D eigenvalue weighted by molar-refractivity contribution is -0.116. The standard InChI is InChI=1S/C12H15NO/c14-12-5-1-4-11-10(12)7-6-9-3-2-8-13(9)11/h6-7,9H,1-5,8H2/t9-/m0/s1. The molecule has 0 saturated carbocycles. The summed E-state index contributed by atoms with van der Waals surface area (Å²) in [7, 11) is 0. The number of fused-ring (bicyclic) bond motifs is 2. The lowest BCUT2D eigenvalue weighted by Gasteiger charge is -2.34. The second-order valence-corrected chi connectivity index (χ2v) is 4.40. The third kappa shape index (κ3) is 1.06. The number of allylic oxidation sites excluding steroid dienone is 3. The van der Waals surface area contributed by atoms with Gasteiger partial charge in [0.2, 0.25) is 0 Å². The molecule has 3 aliphatic rings. The van der Waals surface area contributed by atoms with Gasteiger partial charge >= 0.3 is 0 Å². The van der Waals surface area contributed by atoms with Crippen LogP contribution in [0.1, 0.15) is 32.1 Å². The van der Waals surface area contributed by atoms with Crippen molar-refractivity contribution in [2.45, 2.75) is 38.1 Å². The molecule has 2 aliphatic heterocycles. The maximum Gasteiger partial charge on any atom is 0.164 e. The number of ketones is 1. The maximum atomic E-state index is 11.7. The molecule has 2 nitrogen and oxygen atoms in total. The van der Waals surface area contributed by atoms with Crippen LogP contribution in [0.25, 0.3) is 0 Å². The molecule has 0 radical (unpaired) electrons. The Morgan fingerprint density at radius 3 is 3.14 bits per heavy atom. The Hall–Kier alpha value is -1.05. The van der Waals surface area contributed by atoms with E-state index in [4.69, 9.17) is 0 Å². The molecule has 1 aliphatic carbocycles. The van der Waals surface area contributed by atoms with Crippen molar-refractivity contribution in [1.29, 1.82) is 0 Å². The summed E-state index contributed by atoms with van der Waals surface area (Å²) < 4.78 is 0. The Kier molecular flexibility index (Phi) is 1.76. The van der Waals surface area contributed by atoms with E-state index < -0.39 is 0 Å². The fourth-order valence-electron chi connectivity index (χ4n) is 2.87. The second-order valence-electron chi connectivity index (χ2n) is 4.40. The zero-order valence-electron chi connectivity index (χ0n) is 8.33. The van der Waals surface area contributed by atoms with Gasteiger partial charge in [0.1, 0.15) is 0 Å². The molecule has 1 atom stereocenters. The fraction of sp³-hybridized carbons (Fsp3) is 0.583. The topological polar surface area (TPSA) is 20.3 Å². The zero-order chi connectivity index (χ0) is 9.54. The average Bonchev–Trinajstić information content (AvgIpc) is 2.66. The normalized spacial score (nSPS) is 30.7. The Bertz CT molecular complexity index is 340. The number of carbonyl (C=O) groups is 1. The van der Waals surface area contributed by atoms with Gasteiger partial charge in [-0.2, -0.15) is 0 Å². The fourth-order valence-corrected chi connectivity index (χ4v) is 2.87. The van der Waals surface area contributed by atoms with Crippen LogP contribution in [0.4, 0.5) is 0 Å². The largest absolute Gasteiger partial charge is 0.368 e. The van der Waals surface area contributed by atoms with Crippen molar-refractivity contribution in [2.24, 2.45) is 0 Å². The van der Waals surface area contributed by atoms with Crippen LogP contribution in [0.5, 0.6) is 0 Å². The highest BCUT2D eigenvalue weighted by Crippen LogP contribution is 2.35. The summed E-state index contributed by atoms with van der Waals surface area (Å²) in [6, 6.07) is 0.597. The van der Waals surface area contributed by atoms with Crippen molar-refractivity contribution in [3.05, 3.63) is 23.4 Å². The molecule has 14 heavy (non-hydrogen) atoms. The number of carbonyl (C=O) groups excluding carboxylic acids is 1. The number of hydrogen-bond acceptors (Lipinski definition) is 2. The molecule has 3 rings (SSSR count). The van der Waals surface area contributed by atoms with Gasteiger partial charge in [-0.25, -0.2) is 0 Å².